The molecule has 0 spiro atoms. The summed E-state index contributed by atoms with van der Waals surface area (Å²) in [7, 11) is 0. The predicted molar refractivity (Wildman–Crippen MR) is 50.5 cm³/mol. The predicted octanol–water partition coefficient (Wildman–Crippen LogP) is -0.192. The average Bonchev–Trinajstić information content (AvgIpc) is 2.45. The lowest BCUT2D eigenvalue weighted by molar-refractivity contribution is -0.118. The zero-order chi connectivity index (χ0) is 10.1. The second-order valence-corrected chi connectivity index (χ2v) is 4.06. The van der Waals surface area contributed by atoms with Crippen molar-refractivity contribution in [3.8, 4) is 0 Å². The number of carbonyl (C=O) groups is 2. The first-order valence-corrected chi connectivity index (χ1v) is 5.03. The smallest absolute Gasteiger partial charge is 0.324 e. The van der Waals surface area contributed by atoms with Crippen molar-refractivity contribution in [2.45, 2.75) is 37.8 Å². The van der Waals surface area contributed by atoms with Gasteiger partial charge in [0.05, 0.1) is 0 Å². The maximum atomic E-state index is 11.3. The molecule has 1 saturated carbocycles. The van der Waals surface area contributed by atoms with Crippen molar-refractivity contribution in [3.63, 3.8) is 0 Å². The SMILES string of the molecule is NC1CCCC(N2CC(=O)NC2=O)C1. The van der Waals surface area contributed by atoms with E-state index in [2.05, 4.69) is 5.32 Å². The van der Waals surface area contributed by atoms with Gasteiger partial charge < -0.3 is 10.6 Å². The van der Waals surface area contributed by atoms with Crippen LogP contribution in [0.25, 0.3) is 0 Å². The molecule has 0 bridgehead atoms. The summed E-state index contributed by atoms with van der Waals surface area (Å²) >= 11 is 0. The molecule has 78 valence electrons. The van der Waals surface area contributed by atoms with Gasteiger partial charge in [-0.05, 0) is 25.7 Å². The number of carbonyl (C=O) groups excluding carboxylic acids is 2. The summed E-state index contributed by atoms with van der Waals surface area (Å²) in [5.74, 6) is -0.200. The molecule has 2 rings (SSSR count). The van der Waals surface area contributed by atoms with Gasteiger partial charge in [-0.2, -0.15) is 0 Å². The summed E-state index contributed by atoms with van der Waals surface area (Å²) in [4.78, 5) is 23.9. The standard InChI is InChI=1S/C9H15N3O2/c10-6-2-1-3-7(4-6)12-5-8(13)11-9(12)14/h6-7H,1-5,10H2,(H,11,13,14). The highest BCUT2D eigenvalue weighted by Gasteiger charge is 2.34. The average molecular weight is 197 g/mol. The molecular weight excluding hydrogens is 182 g/mol. The van der Waals surface area contributed by atoms with E-state index in [-0.39, 0.29) is 30.6 Å². The van der Waals surface area contributed by atoms with Gasteiger partial charge in [0, 0.05) is 12.1 Å². The van der Waals surface area contributed by atoms with Gasteiger partial charge in [0.25, 0.3) is 0 Å². The molecule has 5 nitrogen and oxygen atoms in total. The van der Waals surface area contributed by atoms with E-state index < -0.39 is 0 Å². The fourth-order valence-electron chi connectivity index (χ4n) is 2.24. The number of rotatable bonds is 1. The molecule has 1 aliphatic heterocycles. The fraction of sp³-hybridized carbons (Fsp3) is 0.778. The number of nitrogens with two attached hydrogens (primary N) is 1. The van der Waals surface area contributed by atoms with Gasteiger partial charge in [-0.25, -0.2) is 4.79 Å². The van der Waals surface area contributed by atoms with E-state index in [1.54, 1.807) is 4.90 Å². The minimum absolute atomic E-state index is 0.158. The molecule has 1 saturated heterocycles. The third-order valence-corrected chi connectivity index (χ3v) is 2.95. The fourth-order valence-corrected chi connectivity index (χ4v) is 2.24. The van der Waals surface area contributed by atoms with Gasteiger partial charge in [0.15, 0.2) is 0 Å². The minimum atomic E-state index is -0.255. The lowest BCUT2D eigenvalue weighted by Gasteiger charge is -2.32. The Bertz CT molecular complexity index is 267. The van der Waals surface area contributed by atoms with Crippen molar-refractivity contribution in [1.29, 1.82) is 0 Å². The Labute approximate surface area is 82.6 Å². The van der Waals surface area contributed by atoms with Crippen LogP contribution in [0.2, 0.25) is 0 Å². The third-order valence-electron chi connectivity index (χ3n) is 2.95. The number of amides is 3. The lowest BCUT2D eigenvalue weighted by Crippen LogP contribution is -2.44. The van der Waals surface area contributed by atoms with E-state index in [0.29, 0.717) is 0 Å². The van der Waals surface area contributed by atoms with Crippen molar-refractivity contribution in [1.82, 2.24) is 10.2 Å². The van der Waals surface area contributed by atoms with Crippen LogP contribution in [-0.4, -0.2) is 35.5 Å². The Morgan fingerprint density at radius 3 is 2.71 bits per heavy atom. The molecule has 3 N–H and O–H groups in total. The van der Waals surface area contributed by atoms with Gasteiger partial charge in [0.2, 0.25) is 5.91 Å². The van der Waals surface area contributed by atoms with Crippen molar-refractivity contribution in [2.75, 3.05) is 6.54 Å². The molecule has 0 aromatic carbocycles. The Kier molecular flexibility index (Phi) is 2.41. The summed E-state index contributed by atoms with van der Waals surface area (Å²) in [6.45, 7) is 0.205. The number of hydrogen-bond acceptors (Lipinski definition) is 3. The molecule has 2 atom stereocenters. The number of nitrogens with zero attached hydrogens (tertiary/aromatic N) is 1. The largest absolute Gasteiger partial charge is 0.328 e. The highest BCUT2D eigenvalue weighted by atomic mass is 16.2. The van der Waals surface area contributed by atoms with Gasteiger partial charge in [-0.1, -0.05) is 0 Å². The number of hydrogen-bond donors (Lipinski definition) is 2. The summed E-state index contributed by atoms with van der Waals surface area (Å²) in [6.07, 6.45) is 3.86. The molecule has 2 fully saturated rings. The first-order valence-electron chi connectivity index (χ1n) is 5.03. The highest BCUT2D eigenvalue weighted by Crippen LogP contribution is 2.23. The zero-order valence-corrected chi connectivity index (χ0v) is 8.03. The van der Waals surface area contributed by atoms with Crippen LogP contribution in [0.4, 0.5) is 4.79 Å². The number of imide groups is 1. The van der Waals surface area contributed by atoms with Gasteiger partial charge in [-0.3, -0.25) is 10.1 Å². The van der Waals surface area contributed by atoms with Crippen LogP contribution in [0, 0.1) is 0 Å². The van der Waals surface area contributed by atoms with Gasteiger partial charge in [-0.15, -0.1) is 0 Å². The Hall–Kier alpha value is -1.10. The normalized spacial score (nSPS) is 33.4. The van der Waals surface area contributed by atoms with Crippen LogP contribution in [-0.2, 0) is 4.79 Å². The van der Waals surface area contributed by atoms with Crippen LogP contribution in [0.5, 0.6) is 0 Å². The van der Waals surface area contributed by atoms with Crippen LogP contribution in [0.15, 0.2) is 0 Å². The Balaban J connectivity index is 2.00. The first kappa shape index (κ1) is 9.45. The van der Waals surface area contributed by atoms with Crippen LogP contribution >= 0.6 is 0 Å². The molecule has 2 aliphatic rings. The van der Waals surface area contributed by atoms with E-state index in [9.17, 15) is 9.59 Å². The van der Waals surface area contributed by atoms with Crippen molar-refractivity contribution in [2.24, 2.45) is 5.73 Å². The first-order chi connectivity index (χ1) is 6.66. The molecular formula is C9H15N3O2. The molecule has 3 amide bonds. The van der Waals surface area contributed by atoms with Gasteiger partial charge >= 0.3 is 6.03 Å². The Morgan fingerprint density at radius 2 is 2.14 bits per heavy atom. The third kappa shape index (κ3) is 1.72. The van der Waals surface area contributed by atoms with Gasteiger partial charge in [0.1, 0.15) is 6.54 Å². The van der Waals surface area contributed by atoms with Crippen LogP contribution < -0.4 is 11.1 Å². The quantitative estimate of drug-likeness (QED) is 0.572. The van der Waals surface area contributed by atoms with Crippen molar-refractivity contribution in [3.05, 3.63) is 0 Å². The van der Waals surface area contributed by atoms with Crippen LogP contribution in [0.3, 0.4) is 0 Å². The second kappa shape index (κ2) is 3.57. The summed E-state index contributed by atoms with van der Waals surface area (Å²) < 4.78 is 0. The maximum absolute atomic E-state index is 11.3. The molecule has 2 unspecified atom stereocenters. The molecule has 5 heteroatoms. The van der Waals surface area contributed by atoms with E-state index in [4.69, 9.17) is 5.73 Å². The number of nitrogens with one attached hydrogen (secondary N) is 1. The van der Waals surface area contributed by atoms with E-state index in [0.717, 1.165) is 25.7 Å². The van der Waals surface area contributed by atoms with Crippen molar-refractivity contribution >= 4 is 11.9 Å². The highest BCUT2D eigenvalue weighted by molar-refractivity contribution is 6.02. The van der Waals surface area contributed by atoms with E-state index in [1.807, 2.05) is 0 Å². The van der Waals surface area contributed by atoms with Crippen molar-refractivity contribution < 1.29 is 9.59 Å². The monoisotopic (exact) mass is 197 g/mol. The topological polar surface area (TPSA) is 75.4 Å². The molecule has 1 aliphatic carbocycles. The Morgan fingerprint density at radius 1 is 1.36 bits per heavy atom. The summed E-state index contributed by atoms with van der Waals surface area (Å²) in [5, 5.41) is 2.29. The lowest BCUT2D eigenvalue weighted by atomic mass is 9.91. The van der Waals surface area contributed by atoms with E-state index >= 15 is 0 Å². The molecule has 0 aromatic heterocycles. The molecule has 0 radical (unpaired) electrons. The number of urea groups is 1. The molecule has 1 heterocycles. The zero-order valence-electron chi connectivity index (χ0n) is 8.03. The van der Waals surface area contributed by atoms with Crippen LogP contribution in [0.1, 0.15) is 25.7 Å². The molecule has 14 heavy (non-hydrogen) atoms. The van der Waals surface area contributed by atoms with E-state index in [1.165, 1.54) is 0 Å². The second-order valence-electron chi connectivity index (χ2n) is 4.06. The summed E-state index contributed by atoms with van der Waals surface area (Å²) in [5.41, 5.74) is 5.83. The minimum Gasteiger partial charge on any atom is -0.328 e. The summed E-state index contributed by atoms with van der Waals surface area (Å²) in [6, 6.07) is 0.0801. The maximum Gasteiger partial charge on any atom is 0.324 e. The molecule has 0 aromatic rings.